The van der Waals surface area contributed by atoms with Gasteiger partial charge in [-0.2, -0.15) is 0 Å². The highest BCUT2D eigenvalue weighted by atomic mass is 32.2. The first-order valence-electron chi connectivity index (χ1n) is 8.17. The van der Waals surface area contributed by atoms with Crippen molar-refractivity contribution in [2.45, 2.75) is 24.2 Å². The lowest BCUT2D eigenvalue weighted by Gasteiger charge is -2.22. The van der Waals surface area contributed by atoms with E-state index in [0.29, 0.717) is 0 Å². The fraction of sp³-hybridized carbons (Fsp3) is 0.182. The van der Waals surface area contributed by atoms with Crippen molar-refractivity contribution in [2.75, 3.05) is 6.26 Å². The Morgan fingerprint density at radius 3 is 2.12 bits per heavy atom. The van der Waals surface area contributed by atoms with Crippen molar-refractivity contribution in [2.24, 2.45) is 0 Å². The van der Waals surface area contributed by atoms with Crippen LogP contribution in [0.3, 0.4) is 0 Å². The monoisotopic (exact) mass is 332 g/mol. The van der Waals surface area contributed by atoms with Crippen LogP contribution >= 0.6 is 0 Å². The molecule has 0 aliphatic heterocycles. The van der Waals surface area contributed by atoms with E-state index in [-0.39, 0.29) is 5.41 Å². The smallest absolute Gasteiger partial charge is 0.0504 e. The SMILES string of the molecule is CS(=O)c1ccccc1-c1ccc2c(c1)C(C)(C)c1ccccc1-2. The lowest BCUT2D eigenvalue weighted by molar-refractivity contribution is 0.660. The fourth-order valence-corrected chi connectivity index (χ4v) is 4.59. The lowest BCUT2D eigenvalue weighted by atomic mass is 9.81. The number of hydrogen-bond acceptors (Lipinski definition) is 1. The molecule has 24 heavy (non-hydrogen) atoms. The van der Waals surface area contributed by atoms with E-state index in [2.05, 4.69) is 62.4 Å². The van der Waals surface area contributed by atoms with Crippen molar-refractivity contribution in [1.82, 2.24) is 0 Å². The highest BCUT2D eigenvalue weighted by molar-refractivity contribution is 7.84. The Balaban J connectivity index is 1.94. The van der Waals surface area contributed by atoms with Gasteiger partial charge in [0.15, 0.2) is 0 Å². The molecule has 2 heteroatoms. The first kappa shape index (κ1) is 15.3. The summed E-state index contributed by atoms with van der Waals surface area (Å²) in [6.45, 7) is 4.57. The van der Waals surface area contributed by atoms with E-state index >= 15 is 0 Å². The summed E-state index contributed by atoms with van der Waals surface area (Å²) in [5, 5.41) is 0. The van der Waals surface area contributed by atoms with Crippen LogP contribution in [-0.2, 0) is 16.2 Å². The molecule has 0 saturated heterocycles. The zero-order valence-electron chi connectivity index (χ0n) is 14.2. The Bertz CT molecular complexity index is 969. The average molecular weight is 332 g/mol. The molecule has 1 aliphatic rings. The van der Waals surface area contributed by atoms with E-state index in [0.717, 1.165) is 16.0 Å². The van der Waals surface area contributed by atoms with Gasteiger partial charge in [-0.25, -0.2) is 0 Å². The number of hydrogen-bond donors (Lipinski definition) is 0. The minimum Gasteiger partial charge on any atom is -0.255 e. The van der Waals surface area contributed by atoms with Gasteiger partial charge in [0.25, 0.3) is 0 Å². The molecule has 0 aromatic heterocycles. The van der Waals surface area contributed by atoms with Crippen molar-refractivity contribution in [3.8, 4) is 22.3 Å². The maximum Gasteiger partial charge on any atom is 0.0504 e. The Labute approximate surface area is 145 Å². The second-order valence-electron chi connectivity index (χ2n) is 6.88. The van der Waals surface area contributed by atoms with Crippen LogP contribution in [0.2, 0.25) is 0 Å². The van der Waals surface area contributed by atoms with Gasteiger partial charge in [0.2, 0.25) is 0 Å². The van der Waals surface area contributed by atoms with Gasteiger partial charge in [0.1, 0.15) is 0 Å². The molecule has 0 amide bonds. The molecule has 1 nitrogen and oxygen atoms in total. The van der Waals surface area contributed by atoms with Crippen molar-refractivity contribution in [3.63, 3.8) is 0 Å². The summed E-state index contributed by atoms with van der Waals surface area (Å²) in [5.74, 6) is 0. The van der Waals surface area contributed by atoms with Crippen molar-refractivity contribution >= 4 is 10.8 Å². The van der Waals surface area contributed by atoms with Gasteiger partial charge in [-0.15, -0.1) is 0 Å². The maximum absolute atomic E-state index is 12.1. The molecule has 1 atom stereocenters. The molecule has 0 N–H and O–H groups in total. The van der Waals surface area contributed by atoms with Gasteiger partial charge in [0, 0.05) is 16.6 Å². The molecule has 0 radical (unpaired) electrons. The third-order valence-electron chi connectivity index (χ3n) is 5.09. The largest absolute Gasteiger partial charge is 0.255 e. The second kappa shape index (κ2) is 5.42. The predicted molar refractivity (Wildman–Crippen MR) is 102 cm³/mol. The Kier molecular flexibility index (Phi) is 3.47. The maximum atomic E-state index is 12.1. The minimum absolute atomic E-state index is 0.0117. The molecule has 0 bridgehead atoms. The number of fused-ring (bicyclic) bond motifs is 3. The lowest BCUT2D eigenvalue weighted by Crippen LogP contribution is -2.14. The Morgan fingerprint density at radius 1 is 0.750 bits per heavy atom. The standard InChI is InChI=1S/C22H20OS/c1-22(2)19-10-6-4-9-17(19)18-13-12-15(14-20(18)22)16-8-5-7-11-21(16)24(3)23/h4-14H,1-3H3. The van der Waals surface area contributed by atoms with Crippen molar-refractivity contribution < 1.29 is 4.21 Å². The van der Waals surface area contributed by atoms with Crippen LogP contribution in [0.5, 0.6) is 0 Å². The van der Waals surface area contributed by atoms with E-state index in [4.69, 9.17) is 0 Å². The first-order chi connectivity index (χ1) is 11.5. The summed E-state index contributed by atoms with van der Waals surface area (Å²) >= 11 is 0. The van der Waals surface area contributed by atoms with E-state index in [1.807, 2.05) is 18.2 Å². The van der Waals surface area contributed by atoms with E-state index < -0.39 is 10.8 Å². The summed E-state index contributed by atoms with van der Waals surface area (Å²) in [4.78, 5) is 0.894. The molecule has 0 heterocycles. The van der Waals surface area contributed by atoms with E-state index in [1.165, 1.54) is 22.3 Å². The molecule has 0 saturated carbocycles. The van der Waals surface area contributed by atoms with Crippen molar-refractivity contribution in [1.29, 1.82) is 0 Å². The highest BCUT2D eigenvalue weighted by Crippen LogP contribution is 2.49. The van der Waals surface area contributed by atoms with E-state index in [1.54, 1.807) is 6.26 Å². The van der Waals surface area contributed by atoms with Crippen LogP contribution in [0, 0.1) is 0 Å². The third kappa shape index (κ3) is 2.17. The zero-order chi connectivity index (χ0) is 16.9. The Hall–Kier alpha value is -2.19. The molecule has 1 unspecified atom stereocenters. The fourth-order valence-electron chi connectivity index (χ4n) is 3.83. The predicted octanol–water partition coefficient (Wildman–Crippen LogP) is 5.40. The molecule has 0 spiro atoms. The van der Waals surface area contributed by atoms with Gasteiger partial charge >= 0.3 is 0 Å². The second-order valence-corrected chi connectivity index (χ2v) is 8.23. The van der Waals surface area contributed by atoms with Gasteiger partial charge in [-0.1, -0.05) is 68.4 Å². The van der Waals surface area contributed by atoms with Crippen LogP contribution in [0.25, 0.3) is 22.3 Å². The third-order valence-corrected chi connectivity index (χ3v) is 6.07. The van der Waals surface area contributed by atoms with Gasteiger partial charge in [0.05, 0.1) is 10.8 Å². The van der Waals surface area contributed by atoms with Crippen molar-refractivity contribution in [3.05, 3.63) is 77.9 Å². The molecule has 4 rings (SSSR count). The van der Waals surface area contributed by atoms with Crippen LogP contribution < -0.4 is 0 Å². The minimum atomic E-state index is -0.998. The molecule has 1 aliphatic carbocycles. The quantitative estimate of drug-likeness (QED) is 0.614. The molecule has 3 aromatic rings. The van der Waals surface area contributed by atoms with Gasteiger partial charge in [-0.3, -0.25) is 4.21 Å². The number of benzene rings is 3. The summed E-state index contributed by atoms with van der Waals surface area (Å²) in [7, 11) is -0.998. The summed E-state index contributed by atoms with van der Waals surface area (Å²) in [6.07, 6.45) is 1.74. The van der Waals surface area contributed by atoms with Gasteiger partial charge in [-0.05, 0) is 45.5 Å². The first-order valence-corrected chi connectivity index (χ1v) is 9.73. The summed E-state index contributed by atoms with van der Waals surface area (Å²) < 4.78 is 12.1. The molecule has 3 aromatic carbocycles. The summed E-state index contributed by atoms with van der Waals surface area (Å²) in [5.41, 5.74) is 7.56. The van der Waals surface area contributed by atoms with Crippen LogP contribution in [0.15, 0.2) is 71.6 Å². The molecular weight excluding hydrogens is 312 g/mol. The Morgan fingerprint density at radius 2 is 1.38 bits per heavy atom. The topological polar surface area (TPSA) is 17.1 Å². The molecule has 0 fully saturated rings. The van der Waals surface area contributed by atoms with Crippen LogP contribution in [0.4, 0.5) is 0 Å². The summed E-state index contributed by atoms with van der Waals surface area (Å²) in [6, 6.07) is 23.3. The highest BCUT2D eigenvalue weighted by Gasteiger charge is 2.35. The van der Waals surface area contributed by atoms with Gasteiger partial charge < -0.3 is 0 Å². The molecule has 120 valence electrons. The van der Waals surface area contributed by atoms with E-state index in [9.17, 15) is 4.21 Å². The van der Waals surface area contributed by atoms with Crippen LogP contribution in [0.1, 0.15) is 25.0 Å². The zero-order valence-corrected chi connectivity index (χ0v) is 15.0. The average Bonchev–Trinajstić information content (AvgIpc) is 2.83. The van der Waals surface area contributed by atoms with Crippen LogP contribution in [-0.4, -0.2) is 10.5 Å². The molecular formula is C22H20OS. The normalized spacial score (nSPS) is 15.6. The number of rotatable bonds is 2.